The molecule has 1 aliphatic carbocycles. The Morgan fingerprint density at radius 2 is 2.09 bits per heavy atom. The highest BCUT2D eigenvalue weighted by Gasteiger charge is 2.11. The van der Waals surface area contributed by atoms with Crippen molar-refractivity contribution in [3.05, 3.63) is 11.6 Å². The van der Waals surface area contributed by atoms with Crippen molar-refractivity contribution < 1.29 is 9.90 Å². The zero-order valence-electron chi connectivity index (χ0n) is 6.26. The van der Waals surface area contributed by atoms with E-state index in [1.807, 2.05) is 0 Å². The summed E-state index contributed by atoms with van der Waals surface area (Å²) in [5.41, 5.74) is 0.826. The Morgan fingerprint density at radius 1 is 1.45 bits per heavy atom. The maximum Gasteiger partial charge on any atom is 0.331 e. The first-order valence-electron chi connectivity index (χ1n) is 3.71. The van der Waals surface area contributed by atoms with Crippen molar-refractivity contribution in [3.8, 4) is 0 Å². The van der Waals surface area contributed by atoms with Crippen LogP contribution < -0.4 is 0 Å². The van der Waals surface area contributed by atoms with Crippen molar-refractivity contribution in [2.45, 2.75) is 25.7 Å². The number of carboxylic acids is 1. The van der Waals surface area contributed by atoms with Gasteiger partial charge in [-0.15, -0.1) is 0 Å². The van der Waals surface area contributed by atoms with Gasteiger partial charge in [0.05, 0.1) is 0 Å². The van der Waals surface area contributed by atoms with E-state index in [0.29, 0.717) is 17.7 Å². The fraction of sp³-hybridized carbons (Fsp3) is 0.500. The monoisotopic (exact) mass is 153 g/mol. The minimum atomic E-state index is -0.878. The molecule has 2 N–H and O–H groups in total. The summed E-state index contributed by atoms with van der Waals surface area (Å²) in [6.07, 6.45) is 4.64. The molecule has 1 aliphatic rings. The Balaban J connectivity index is 2.75. The molecule has 1 rings (SSSR count). The highest BCUT2D eigenvalue weighted by atomic mass is 16.4. The minimum Gasteiger partial charge on any atom is -0.478 e. The fourth-order valence-corrected chi connectivity index (χ4v) is 1.15. The first kappa shape index (κ1) is 7.98. The zero-order chi connectivity index (χ0) is 8.27. The molecule has 0 atom stereocenters. The quantitative estimate of drug-likeness (QED) is 0.601. The average Bonchev–Trinajstić information content (AvgIpc) is 2.13. The maximum absolute atomic E-state index is 10.5. The lowest BCUT2D eigenvalue weighted by Crippen LogP contribution is -2.00. The molecule has 11 heavy (non-hydrogen) atoms. The molecule has 3 nitrogen and oxygen atoms in total. The molecule has 60 valence electrons. The van der Waals surface area contributed by atoms with E-state index in [-0.39, 0.29) is 0 Å². The summed E-state index contributed by atoms with van der Waals surface area (Å²) in [7, 11) is 0. The molecule has 0 aromatic heterocycles. The third-order valence-electron chi connectivity index (χ3n) is 1.77. The van der Waals surface area contributed by atoms with Gasteiger partial charge in [-0.05, 0) is 31.8 Å². The first-order chi connectivity index (χ1) is 5.20. The first-order valence-corrected chi connectivity index (χ1v) is 3.71. The molecule has 0 heterocycles. The van der Waals surface area contributed by atoms with Gasteiger partial charge in [0.1, 0.15) is 0 Å². The lowest BCUT2D eigenvalue weighted by molar-refractivity contribution is -0.132. The van der Waals surface area contributed by atoms with E-state index in [9.17, 15) is 4.79 Å². The van der Waals surface area contributed by atoms with E-state index < -0.39 is 5.97 Å². The van der Waals surface area contributed by atoms with Crippen molar-refractivity contribution in [3.63, 3.8) is 0 Å². The Bertz CT molecular complexity index is 218. The van der Waals surface area contributed by atoms with E-state index in [4.69, 9.17) is 10.5 Å². The zero-order valence-corrected chi connectivity index (χ0v) is 6.26. The van der Waals surface area contributed by atoms with Gasteiger partial charge in [0, 0.05) is 11.3 Å². The van der Waals surface area contributed by atoms with Gasteiger partial charge in [-0.3, -0.25) is 0 Å². The SMILES string of the molecule is N=C1C=C(C(=O)O)CCCC1. The van der Waals surface area contributed by atoms with Crippen LogP contribution in [0.5, 0.6) is 0 Å². The van der Waals surface area contributed by atoms with Crippen LogP contribution in [-0.4, -0.2) is 16.8 Å². The normalized spacial score (nSPS) is 18.9. The van der Waals surface area contributed by atoms with E-state index in [1.54, 1.807) is 0 Å². The van der Waals surface area contributed by atoms with Gasteiger partial charge in [-0.1, -0.05) is 0 Å². The van der Waals surface area contributed by atoms with E-state index in [2.05, 4.69) is 0 Å². The number of aliphatic carboxylic acids is 1. The predicted octanol–water partition coefficient (Wildman–Crippen LogP) is 1.59. The van der Waals surface area contributed by atoms with Crippen LogP contribution in [0.3, 0.4) is 0 Å². The molecule has 0 saturated heterocycles. The van der Waals surface area contributed by atoms with Gasteiger partial charge < -0.3 is 10.5 Å². The van der Waals surface area contributed by atoms with E-state index >= 15 is 0 Å². The lowest BCUT2D eigenvalue weighted by Gasteiger charge is -1.94. The van der Waals surface area contributed by atoms with Crippen molar-refractivity contribution in [2.24, 2.45) is 0 Å². The molecule has 0 aliphatic heterocycles. The molecule has 0 amide bonds. The molecule has 0 aromatic rings. The molecular formula is C8H11NO2. The second-order valence-electron chi connectivity index (χ2n) is 2.71. The molecule has 3 heteroatoms. The third kappa shape index (κ3) is 2.18. The van der Waals surface area contributed by atoms with Crippen LogP contribution in [0.25, 0.3) is 0 Å². The Labute approximate surface area is 65.2 Å². The van der Waals surface area contributed by atoms with Gasteiger partial charge in [-0.25, -0.2) is 4.79 Å². The maximum atomic E-state index is 10.5. The molecule has 0 bridgehead atoms. The highest BCUT2D eigenvalue weighted by molar-refractivity contribution is 6.00. The van der Waals surface area contributed by atoms with E-state index in [0.717, 1.165) is 19.3 Å². The molecule has 0 spiro atoms. The number of carbonyl (C=O) groups is 1. The molecule has 0 fully saturated rings. The van der Waals surface area contributed by atoms with Crippen molar-refractivity contribution in [1.29, 1.82) is 5.41 Å². The second kappa shape index (κ2) is 3.32. The molecular weight excluding hydrogens is 142 g/mol. The number of allylic oxidation sites excluding steroid dienone is 1. The van der Waals surface area contributed by atoms with Crippen LogP contribution in [0.2, 0.25) is 0 Å². The predicted molar refractivity (Wildman–Crippen MR) is 41.9 cm³/mol. The van der Waals surface area contributed by atoms with Crippen LogP contribution in [0.1, 0.15) is 25.7 Å². The van der Waals surface area contributed by atoms with Gasteiger partial charge in [-0.2, -0.15) is 0 Å². The number of carboxylic acid groups (broad SMARTS) is 1. The Morgan fingerprint density at radius 3 is 2.73 bits per heavy atom. The summed E-state index contributed by atoms with van der Waals surface area (Å²) in [5, 5.41) is 15.9. The summed E-state index contributed by atoms with van der Waals surface area (Å²) in [6, 6.07) is 0. The topological polar surface area (TPSA) is 61.2 Å². The number of nitrogens with one attached hydrogen (secondary N) is 1. The van der Waals surface area contributed by atoms with Gasteiger partial charge in [0.15, 0.2) is 0 Å². The van der Waals surface area contributed by atoms with Crippen LogP contribution in [0.15, 0.2) is 11.6 Å². The van der Waals surface area contributed by atoms with Crippen molar-refractivity contribution in [2.75, 3.05) is 0 Å². The van der Waals surface area contributed by atoms with Crippen LogP contribution in [0, 0.1) is 5.41 Å². The summed E-state index contributed by atoms with van der Waals surface area (Å²) in [6.45, 7) is 0. The number of rotatable bonds is 1. The Kier molecular flexibility index (Phi) is 2.41. The standard InChI is InChI=1S/C8H11NO2/c9-7-4-2-1-3-6(5-7)8(10)11/h5,9H,1-4H2,(H,10,11). The summed E-state index contributed by atoms with van der Waals surface area (Å²) < 4.78 is 0. The number of hydrogen-bond acceptors (Lipinski definition) is 2. The largest absolute Gasteiger partial charge is 0.478 e. The summed E-state index contributed by atoms with van der Waals surface area (Å²) in [4.78, 5) is 10.5. The van der Waals surface area contributed by atoms with Crippen molar-refractivity contribution in [1.82, 2.24) is 0 Å². The molecule has 0 saturated carbocycles. The van der Waals surface area contributed by atoms with Crippen molar-refractivity contribution >= 4 is 11.7 Å². The van der Waals surface area contributed by atoms with Gasteiger partial charge in [0.25, 0.3) is 0 Å². The van der Waals surface area contributed by atoms with Crippen LogP contribution in [-0.2, 0) is 4.79 Å². The second-order valence-corrected chi connectivity index (χ2v) is 2.71. The highest BCUT2D eigenvalue weighted by Crippen LogP contribution is 2.14. The molecule has 0 unspecified atom stereocenters. The minimum absolute atomic E-state index is 0.382. The Hall–Kier alpha value is -1.12. The number of hydrogen-bond donors (Lipinski definition) is 2. The van der Waals surface area contributed by atoms with Crippen LogP contribution in [0.4, 0.5) is 0 Å². The van der Waals surface area contributed by atoms with Crippen LogP contribution >= 0.6 is 0 Å². The average molecular weight is 153 g/mol. The smallest absolute Gasteiger partial charge is 0.331 e. The summed E-state index contributed by atoms with van der Waals surface area (Å²) >= 11 is 0. The summed E-state index contributed by atoms with van der Waals surface area (Å²) in [5.74, 6) is -0.878. The molecule has 0 aromatic carbocycles. The van der Waals surface area contributed by atoms with Gasteiger partial charge in [0.2, 0.25) is 0 Å². The lowest BCUT2D eigenvalue weighted by atomic mass is 10.1. The third-order valence-corrected chi connectivity index (χ3v) is 1.77. The molecule has 0 radical (unpaired) electrons. The van der Waals surface area contributed by atoms with Gasteiger partial charge >= 0.3 is 5.97 Å². The van der Waals surface area contributed by atoms with E-state index in [1.165, 1.54) is 6.08 Å². The fourth-order valence-electron chi connectivity index (χ4n) is 1.15.